The number of carbonyl (C=O) groups is 1. The van der Waals surface area contributed by atoms with Crippen molar-refractivity contribution in [2.75, 3.05) is 18.9 Å². The highest BCUT2D eigenvalue weighted by atomic mass is 16.5. The lowest BCUT2D eigenvalue weighted by Crippen LogP contribution is -2.36. The second kappa shape index (κ2) is 12.1. The van der Waals surface area contributed by atoms with Gasteiger partial charge >= 0.3 is 6.03 Å². The van der Waals surface area contributed by atoms with Gasteiger partial charge in [0, 0.05) is 18.0 Å². The summed E-state index contributed by atoms with van der Waals surface area (Å²) < 4.78 is 10.6. The number of aryl methyl sites for hydroxylation is 1. The Kier molecular flexibility index (Phi) is 8.02. The Bertz CT molecular complexity index is 1950. The maximum atomic E-state index is 13.6. The van der Waals surface area contributed by atoms with Gasteiger partial charge < -0.3 is 10.1 Å². The third kappa shape index (κ3) is 6.29. The normalized spacial score (nSPS) is 20.9. The van der Waals surface area contributed by atoms with Crippen molar-refractivity contribution >= 4 is 17.5 Å². The molecule has 0 spiro atoms. The first-order valence-electron chi connectivity index (χ1n) is 16.9. The molecule has 10 heteroatoms. The van der Waals surface area contributed by atoms with E-state index in [1.165, 1.54) is 0 Å². The molecule has 7 rings (SSSR count). The molecule has 0 saturated carbocycles. The lowest BCUT2D eigenvalue weighted by Gasteiger charge is -2.32. The van der Waals surface area contributed by atoms with Crippen LogP contribution in [0.15, 0.2) is 72.9 Å². The van der Waals surface area contributed by atoms with Crippen molar-refractivity contribution in [3.8, 4) is 11.4 Å². The summed E-state index contributed by atoms with van der Waals surface area (Å²) in [6.07, 6.45) is 4.39. The highest BCUT2D eigenvalue weighted by molar-refractivity contribution is 5.89. The van der Waals surface area contributed by atoms with Gasteiger partial charge in [-0.3, -0.25) is 14.6 Å². The van der Waals surface area contributed by atoms with E-state index in [0.717, 1.165) is 71.1 Å². The number of anilines is 1. The first-order valence-corrected chi connectivity index (χ1v) is 16.9. The summed E-state index contributed by atoms with van der Waals surface area (Å²) in [6.45, 7) is 14.0. The third-order valence-corrected chi connectivity index (χ3v) is 9.67. The summed E-state index contributed by atoms with van der Waals surface area (Å²) in [7, 11) is 2.16. The van der Waals surface area contributed by atoms with Crippen LogP contribution in [-0.2, 0) is 5.41 Å². The van der Waals surface area contributed by atoms with Gasteiger partial charge in [-0.1, -0.05) is 76.6 Å². The van der Waals surface area contributed by atoms with Crippen molar-refractivity contribution in [2.45, 2.75) is 84.4 Å². The molecule has 1 aliphatic heterocycles. The number of nitrogens with zero attached hydrogens (tertiary/aromatic N) is 6. The second-order valence-electron chi connectivity index (χ2n) is 15.3. The molecule has 0 radical (unpaired) electrons. The zero-order valence-corrected chi connectivity index (χ0v) is 29.0. The molecule has 1 aliphatic carbocycles. The summed E-state index contributed by atoms with van der Waals surface area (Å²) in [6, 6.07) is 22.1. The molecule has 2 aliphatic rings. The molecule has 2 aromatic carbocycles. The number of benzene rings is 2. The van der Waals surface area contributed by atoms with E-state index in [0.29, 0.717) is 5.82 Å². The van der Waals surface area contributed by atoms with Gasteiger partial charge in [0.15, 0.2) is 11.5 Å². The Hall–Kier alpha value is -4.70. The first-order chi connectivity index (χ1) is 22.8. The van der Waals surface area contributed by atoms with E-state index in [1.54, 1.807) is 0 Å². The van der Waals surface area contributed by atoms with E-state index in [2.05, 4.69) is 90.9 Å². The Labute approximate surface area is 282 Å². The van der Waals surface area contributed by atoms with Crippen molar-refractivity contribution < 1.29 is 9.53 Å². The van der Waals surface area contributed by atoms with E-state index < -0.39 is 0 Å². The molecule has 0 bridgehead atoms. The average molecular weight is 647 g/mol. The van der Waals surface area contributed by atoms with Crippen LogP contribution >= 0.6 is 0 Å². The van der Waals surface area contributed by atoms with Gasteiger partial charge in [0.2, 0.25) is 0 Å². The summed E-state index contributed by atoms with van der Waals surface area (Å²) in [5.41, 5.74) is 5.96. The number of hydrogen-bond donors (Lipinski definition) is 2. The van der Waals surface area contributed by atoms with Crippen LogP contribution in [0.25, 0.3) is 11.3 Å². The monoisotopic (exact) mass is 646 g/mol. The van der Waals surface area contributed by atoms with Gasteiger partial charge in [0.25, 0.3) is 0 Å². The third-order valence-electron chi connectivity index (χ3n) is 9.67. The topological polar surface area (TPSA) is 102 Å². The van der Waals surface area contributed by atoms with Crippen molar-refractivity contribution in [2.24, 2.45) is 5.41 Å². The highest BCUT2D eigenvalue weighted by Gasteiger charge is 2.38. The van der Waals surface area contributed by atoms with Gasteiger partial charge in [-0.05, 0) is 74.0 Å². The Morgan fingerprint density at radius 1 is 0.979 bits per heavy atom. The standard InChI is InChI=1S/C38H46N8O2/c1-24-12-14-25(15-13-24)46-34(20-32(43-46)37(2,3)4)40-36(47)39-29-17-18-31(28-11-9-8-10-27(28)29)48-26-16-19-33-41-42-35(45(33)22-26)30-21-38(5,6)23-44(30)7/h8-16,19-20,22,29-31H,17-18,21,23H2,1-7H3,(H2,39,40,47)/t29-,30?,31+/m0/s1. The highest BCUT2D eigenvalue weighted by Crippen LogP contribution is 2.42. The molecule has 1 unspecified atom stereocenters. The van der Waals surface area contributed by atoms with Crippen LogP contribution in [-0.4, -0.2) is 48.9 Å². The Morgan fingerprint density at radius 2 is 1.73 bits per heavy atom. The molecule has 1 fully saturated rings. The van der Waals surface area contributed by atoms with Gasteiger partial charge in [-0.2, -0.15) is 5.10 Å². The molecular formula is C38H46N8O2. The number of fused-ring (bicyclic) bond motifs is 2. The van der Waals surface area contributed by atoms with Gasteiger partial charge in [-0.15, -0.1) is 10.2 Å². The Morgan fingerprint density at radius 3 is 2.44 bits per heavy atom. The number of hydrogen-bond acceptors (Lipinski definition) is 6. The first kappa shape index (κ1) is 31.9. The summed E-state index contributed by atoms with van der Waals surface area (Å²) in [4.78, 5) is 15.9. The fraction of sp³-hybridized carbons (Fsp3) is 0.421. The van der Waals surface area contributed by atoms with E-state index in [1.807, 2.05) is 65.5 Å². The van der Waals surface area contributed by atoms with Crippen LogP contribution < -0.4 is 15.4 Å². The van der Waals surface area contributed by atoms with Crippen LogP contribution in [0.2, 0.25) is 0 Å². The maximum Gasteiger partial charge on any atom is 0.320 e. The lowest BCUT2D eigenvalue weighted by molar-refractivity contribution is 0.171. The molecule has 48 heavy (non-hydrogen) atoms. The number of urea groups is 1. The molecular weight excluding hydrogens is 600 g/mol. The van der Waals surface area contributed by atoms with Crippen molar-refractivity contribution in [3.63, 3.8) is 0 Å². The largest absolute Gasteiger partial charge is 0.484 e. The minimum Gasteiger partial charge on any atom is -0.484 e. The number of ether oxygens (including phenoxy) is 1. The number of carbonyl (C=O) groups excluding carboxylic acids is 1. The van der Waals surface area contributed by atoms with Crippen molar-refractivity contribution in [1.29, 1.82) is 0 Å². The molecule has 5 aromatic rings. The zero-order chi connectivity index (χ0) is 33.8. The smallest absolute Gasteiger partial charge is 0.320 e. The number of rotatable bonds is 6. The van der Waals surface area contributed by atoms with Crippen molar-refractivity contribution in [3.05, 3.63) is 101 Å². The summed E-state index contributed by atoms with van der Waals surface area (Å²) in [5.74, 6) is 2.34. The van der Waals surface area contributed by atoms with E-state index in [-0.39, 0.29) is 35.0 Å². The predicted octanol–water partition coefficient (Wildman–Crippen LogP) is 7.70. The van der Waals surface area contributed by atoms with E-state index in [4.69, 9.17) is 9.84 Å². The molecule has 2 amide bonds. The maximum absolute atomic E-state index is 13.6. The van der Waals surface area contributed by atoms with Crippen LogP contribution in [0.5, 0.6) is 5.75 Å². The lowest BCUT2D eigenvalue weighted by atomic mass is 9.85. The molecule has 3 aromatic heterocycles. The van der Waals surface area contributed by atoms with Crippen LogP contribution in [0.1, 0.15) is 100 Å². The SMILES string of the molecule is Cc1ccc(-n2nc(C(C)(C)C)cc2NC(=O)N[C@H]2CC[C@@H](Oc3ccc4nnc(C5CC(C)(C)CN5C)n4c3)c3ccccc32)cc1. The summed E-state index contributed by atoms with van der Waals surface area (Å²) in [5, 5.41) is 20.2. The van der Waals surface area contributed by atoms with Crippen molar-refractivity contribution in [1.82, 2.24) is 34.6 Å². The predicted molar refractivity (Wildman–Crippen MR) is 188 cm³/mol. The van der Waals surface area contributed by atoms with Gasteiger partial charge in [0.1, 0.15) is 17.7 Å². The number of pyridine rings is 1. The molecule has 1 saturated heterocycles. The average Bonchev–Trinajstić information content (AvgIpc) is 3.73. The number of likely N-dealkylation sites (tertiary alicyclic amines) is 1. The number of amides is 2. The molecule has 2 N–H and O–H groups in total. The molecule has 3 atom stereocenters. The molecule has 10 nitrogen and oxygen atoms in total. The van der Waals surface area contributed by atoms with E-state index in [9.17, 15) is 4.79 Å². The Balaban J connectivity index is 1.09. The molecule has 4 heterocycles. The van der Waals surface area contributed by atoms with Crippen LogP contribution in [0.4, 0.5) is 10.6 Å². The summed E-state index contributed by atoms with van der Waals surface area (Å²) >= 11 is 0. The minimum absolute atomic E-state index is 0.148. The minimum atomic E-state index is -0.270. The fourth-order valence-electron chi connectivity index (χ4n) is 7.22. The van der Waals surface area contributed by atoms with E-state index >= 15 is 0 Å². The fourth-order valence-corrected chi connectivity index (χ4v) is 7.22. The number of nitrogens with one attached hydrogen (secondary N) is 2. The number of aromatic nitrogens is 5. The quantitative estimate of drug-likeness (QED) is 0.196. The van der Waals surface area contributed by atoms with Gasteiger partial charge in [0.05, 0.1) is 29.7 Å². The molecule has 250 valence electrons. The second-order valence-corrected chi connectivity index (χ2v) is 15.3. The van der Waals surface area contributed by atoms with Crippen LogP contribution in [0.3, 0.4) is 0 Å². The zero-order valence-electron chi connectivity index (χ0n) is 29.0. The van der Waals surface area contributed by atoms with Crippen LogP contribution in [0, 0.1) is 12.3 Å². The van der Waals surface area contributed by atoms with Gasteiger partial charge in [-0.25, -0.2) is 9.48 Å².